The molecule has 4 aliphatic heterocycles. The Balaban J connectivity index is 1.10. The van der Waals surface area contributed by atoms with Gasteiger partial charge in [0.2, 0.25) is 0 Å². The maximum absolute atomic E-state index is 13.4. The van der Waals surface area contributed by atoms with Gasteiger partial charge in [0.1, 0.15) is 43.2 Å². The lowest BCUT2D eigenvalue weighted by molar-refractivity contribution is -0.414. The van der Waals surface area contributed by atoms with Gasteiger partial charge in [0.25, 0.3) is 0 Å². The zero-order valence-electron chi connectivity index (χ0n) is 36.5. The van der Waals surface area contributed by atoms with E-state index in [0.29, 0.717) is 6.61 Å². The van der Waals surface area contributed by atoms with Gasteiger partial charge in [-0.1, -0.05) is 182 Å². The normalized spacial score (nSPS) is 26.7. The number of hydrogen-bond donors (Lipinski definition) is 1. The standard InChI is InChI=1S/C55H58O10/c56-49(48-50(58-32-41-21-9-2-10-22-41)46-38-64-55(48,39-62-46)63-36-45-29-17-6-18-30-45)52-54(61-35-44-27-15-5-16-28-44)53(60-34-43-25-13-4-14-26-43)51(59-33-42-23-11-3-12-24-42)47(65-52)37-57-31-40-19-7-1-8-20-40/h1-30,46-54,56H,31-39H2/t46-,47-,48+,49?,50-,51-,52-,53+,54-,55-/m1/s1. The van der Waals surface area contributed by atoms with Gasteiger partial charge in [0.15, 0.2) is 5.79 Å². The molecule has 10 heteroatoms. The largest absolute Gasteiger partial charge is 0.390 e. The fourth-order valence-corrected chi connectivity index (χ4v) is 9.10. The highest BCUT2D eigenvalue weighted by molar-refractivity contribution is 5.19. The van der Waals surface area contributed by atoms with Crippen LogP contribution >= 0.6 is 0 Å². The van der Waals surface area contributed by atoms with Gasteiger partial charge in [0.05, 0.1) is 71.0 Å². The van der Waals surface area contributed by atoms with Crippen molar-refractivity contribution in [3.63, 3.8) is 0 Å². The molecule has 2 bridgehead atoms. The molecule has 10 rings (SSSR count). The second-order valence-corrected chi connectivity index (χ2v) is 16.9. The summed E-state index contributed by atoms with van der Waals surface area (Å²) in [6.45, 7) is 2.08. The van der Waals surface area contributed by atoms with Crippen molar-refractivity contribution in [1.82, 2.24) is 0 Å². The molecule has 4 saturated heterocycles. The first-order valence-electron chi connectivity index (χ1n) is 22.6. The maximum Gasteiger partial charge on any atom is 0.200 e. The summed E-state index contributed by atoms with van der Waals surface area (Å²) in [4.78, 5) is 0. The molecule has 0 aromatic heterocycles. The fourth-order valence-electron chi connectivity index (χ4n) is 9.10. The third kappa shape index (κ3) is 11.5. The minimum absolute atomic E-state index is 0.0834. The van der Waals surface area contributed by atoms with E-state index in [2.05, 4.69) is 0 Å². The van der Waals surface area contributed by atoms with Gasteiger partial charge in [-0.2, -0.15) is 0 Å². The van der Waals surface area contributed by atoms with Crippen molar-refractivity contribution < 1.29 is 47.7 Å². The topological polar surface area (TPSA) is 103 Å². The van der Waals surface area contributed by atoms with Crippen molar-refractivity contribution in [1.29, 1.82) is 0 Å². The Morgan fingerprint density at radius 1 is 0.477 bits per heavy atom. The van der Waals surface area contributed by atoms with Gasteiger partial charge >= 0.3 is 0 Å². The third-order valence-corrected chi connectivity index (χ3v) is 12.5. The van der Waals surface area contributed by atoms with E-state index < -0.39 is 60.5 Å². The van der Waals surface area contributed by atoms with Gasteiger partial charge in [-0.05, 0) is 33.4 Å². The second kappa shape index (κ2) is 22.4. The quantitative estimate of drug-likeness (QED) is 0.0757. The zero-order chi connectivity index (χ0) is 44.1. The first-order chi connectivity index (χ1) is 32.1. The van der Waals surface area contributed by atoms with E-state index in [9.17, 15) is 5.11 Å². The summed E-state index contributed by atoms with van der Waals surface area (Å²) in [5, 5.41) is 13.4. The first-order valence-corrected chi connectivity index (χ1v) is 22.6. The van der Waals surface area contributed by atoms with Crippen molar-refractivity contribution in [3.05, 3.63) is 215 Å². The molecule has 10 nitrogen and oxygen atoms in total. The molecule has 1 unspecified atom stereocenters. The molecule has 4 fully saturated rings. The van der Waals surface area contributed by atoms with E-state index in [1.807, 2.05) is 182 Å². The van der Waals surface area contributed by atoms with Gasteiger partial charge in [-0.3, -0.25) is 0 Å². The minimum Gasteiger partial charge on any atom is -0.390 e. The molecule has 4 heterocycles. The van der Waals surface area contributed by atoms with Gasteiger partial charge in [-0.25, -0.2) is 0 Å². The smallest absolute Gasteiger partial charge is 0.200 e. The Bertz CT molecular complexity index is 2260. The fraction of sp³-hybridized carbons (Fsp3) is 0.345. The lowest BCUT2D eigenvalue weighted by atomic mass is 9.76. The van der Waals surface area contributed by atoms with Crippen molar-refractivity contribution in [2.24, 2.45) is 5.92 Å². The van der Waals surface area contributed by atoms with Crippen LogP contribution in [0.1, 0.15) is 33.4 Å². The first kappa shape index (κ1) is 45.1. The van der Waals surface area contributed by atoms with Crippen molar-refractivity contribution in [2.45, 2.75) is 94.3 Å². The summed E-state index contributed by atoms with van der Waals surface area (Å²) in [5.41, 5.74) is 5.90. The van der Waals surface area contributed by atoms with Crippen LogP contribution in [-0.2, 0) is 82.3 Å². The molecular formula is C55H58O10. The monoisotopic (exact) mass is 878 g/mol. The van der Waals surface area contributed by atoms with Crippen LogP contribution < -0.4 is 0 Å². The van der Waals surface area contributed by atoms with E-state index in [1.165, 1.54) is 0 Å². The highest BCUT2D eigenvalue weighted by Crippen LogP contribution is 2.46. The molecule has 338 valence electrons. The van der Waals surface area contributed by atoms with Gasteiger partial charge in [-0.15, -0.1) is 0 Å². The Labute approximate surface area is 381 Å². The highest BCUT2D eigenvalue weighted by atomic mass is 16.7. The lowest BCUT2D eigenvalue weighted by Gasteiger charge is -2.57. The van der Waals surface area contributed by atoms with Crippen LogP contribution in [0.5, 0.6) is 0 Å². The molecular weight excluding hydrogens is 821 g/mol. The van der Waals surface area contributed by atoms with Crippen LogP contribution in [0.25, 0.3) is 0 Å². The van der Waals surface area contributed by atoms with Crippen LogP contribution in [0.15, 0.2) is 182 Å². The number of hydrogen-bond acceptors (Lipinski definition) is 10. The van der Waals surface area contributed by atoms with Crippen LogP contribution in [-0.4, -0.2) is 79.5 Å². The van der Waals surface area contributed by atoms with E-state index >= 15 is 0 Å². The van der Waals surface area contributed by atoms with Crippen LogP contribution in [0.4, 0.5) is 0 Å². The summed E-state index contributed by atoms with van der Waals surface area (Å²) >= 11 is 0. The Hall–Kier alpha value is -5.08. The number of ether oxygens (including phenoxy) is 9. The highest BCUT2D eigenvalue weighted by Gasteiger charge is 2.64. The molecule has 0 aliphatic carbocycles. The molecule has 0 saturated carbocycles. The molecule has 0 amide bonds. The number of fused-ring (bicyclic) bond motifs is 3. The van der Waals surface area contributed by atoms with Crippen LogP contribution in [0.2, 0.25) is 0 Å². The van der Waals surface area contributed by atoms with Crippen molar-refractivity contribution in [3.8, 4) is 0 Å². The van der Waals surface area contributed by atoms with E-state index in [1.54, 1.807) is 0 Å². The average molecular weight is 879 g/mol. The van der Waals surface area contributed by atoms with E-state index in [-0.39, 0.29) is 52.9 Å². The summed E-state index contributed by atoms with van der Waals surface area (Å²) in [6, 6.07) is 60.0. The third-order valence-electron chi connectivity index (χ3n) is 12.5. The van der Waals surface area contributed by atoms with Gasteiger partial charge < -0.3 is 47.7 Å². The summed E-state index contributed by atoms with van der Waals surface area (Å²) in [7, 11) is 0. The Morgan fingerprint density at radius 2 is 0.877 bits per heavy atom. The lowest BCUT2D eigenvalue weighted by Crippen LogP contribution is -2.73. The summed E-state index contributed by atoms with van der Waals surface area (Å²) in [6.07, 6.45) is -6.42. The predicted octanol–water partition coefficient (Wildman–Crippen LogP) is 8.63. The molecule has 4 aliphatic rings. The average Bonchev–Trinajstić information content (AvgIpc) is 3.37. The summed E-state index contributed by atoms with van der Waals surface area (Å²) in [5.74, 6) is -2.20. The zero-order valence-corrected chi connectivity index (χ0v) is 36.5. The van der Waals surface area contributed by atoms with E-state index in [0.717, 1.165) is 33.4 Å². The number of benzene rings is 6. The Kier molecular flexibility index (Phi) is 15.5. The van der Waals surface area contributed by atoms with Crippen molar-refractivity contribution >= 4 is 0 Å². The molecule has 6 aromatic carbocycles. The minimum atomic E-state index is -1.40. The molecule has 10 atom stereocenters. The maximum atomic E-state index is 13.4. The molecule has 65 heavy (non-hydrogen) atoms. The van der Waals surface area contributed by atoms with Crippen molar-refractivity contribution in [2.75, 3.05) is 19.8 Å². The number of aliphatic hydroxyl groups excluding tert-OH is 1. The van der Waals surface area contributed by atoms with Gasteiger partial charge in [0, 0.05) is 0 Å². The molecule has 6 aromatic rings. The molecule has 0 radical (unpaired) electrons. The number of aliphatic hydroxyl groups is 1. The molecule has 0 spiro atoms. The Morgan fingerprint density at radius 3 is 1.32 bits per heavy atom. The SMILES string of the molecule is OC([C@H]1O[C@H](COCc2ccccc2)[C@@H](OCc2ccccc2)[C@H](OCc2ccccc2)[C@@H]1OCc1ccccc1)[C@H]1[C@H](OCc2ccccc2)[C@H]2CO[C@]1(OCc1ccccc1)CO2. The van der Waals surface area contributed by atoms with Crippen LogP contribution in [0, 0.1) is 5.92 Å². The van der Waals surface area contributed by atoms with E-state index in [4.69, 9.17) is 42.6 Å². The predicted molar refractivity (Wildman–Crippen MR) is 244 cm³/mol. The molecule has 1 N–H and O–H groups in total. The number of rotatable bonds is 21. The second-order valence-electron chi connectivity index (χ2n) is 16.9. The van der Waals surface area contributed by atoms with Crippen LogP contribution in [0.3, 0.4) is 0 Å². The summed E-state index contributed by atoms with van der Waals surface area (Å²) < 4.78 is 61.5.